The Balaban J connectivity index is 0. The molecule has 0 heterocycles. The average Bonchev–Trinajstić information content (AvgIpc) is 2.18. The number of carbonyl (C=O) groups is 2. The Morgan fingerprint density at radius 1 is 1.24 bits per heavy atom. The van der Waals surface area contributed by atoms with Crippen molar-refractivity contribution >= 4 is 11.9 Å². The van der Waals surface area contributed by atoms with Crippen molar-refractivity contribution < 1.29 is 19.8 Å². The fourth-order valence-electron chi connectivity index (χ4n) is 1.00. The zero-order valence-electron chi connectivity index (χ0n) is 10.1. The van der Waals surface area contributed by atoms with Gasteiger partial charge in [0.1, 0.15) is 0 Å². The predicted octanol–water partition coefficient (Wildman–Crippen LogP) is 0.459. The van der Waals surface area contributed by atoms with Gasteiger partial charge in [-0.15, -0.1) is 0 Å². The zero-order chi connectivity index (χ0) is 12.4. The molecule has 1 rings (SSSR count). The summed E-state index contributed by atoms with van der Waals surface area (Å²) in [6.45, 7) is 3.65. The number of benzene rings is 1. The molecule has 5 heteroatoms. The second-order valence-corrected chi connectivity index (χ2v) is 3.05. The quantitative estimate of drug-likeness (QED) is 0.778. The number of hydrogen-bond donors (Lipinski definition) is 1. The van der Waals surface area contributed by atoms with E-state index in [-0.39, 0.29) is 17.4 Å². The minimum atomic E-state index is -0.286. The molecule has 0 saturated heterocycles. The van der Waals surface area contributed by atoms with Gasteiger partial charge >= 0.3 is 5.97 Å². The molecule has 0 bridgehead atoms. The fourth-order valence-corrected chi connectivity index (χ4v) is 1.00. The molecule has 0 spiro atoms. The maximum atomic E-state index is 10.4. The Kier molecular flexibility index (Phi) is 11.0. The van der Waals surface area contributed by atoms with Gasteiger partial charge in [-0.2, -0.15) is 0 Å². The Bertz CT molecular complexity index is 325. The summed E-state index contributed by atoms with van der Waals surface area (Å²) in [6, 6.07) is 9.44. The van der Waals surface area contributed by atoms with Crippen molar-refractivity contribution in [3.63, 3.8) is 0 Å². The highest BCUT2D eigenvalue weighted by Gasteiger charge is 1.94. The molecular weight excluding hydrogens is 222 g/mol. The summed E-state index contributed by atoms with van der Waals surface area (Å²) in [5.74, 6) is -0.497. The van der Waals surface area contributed by atoms with Gasteiger partial charge in [-0.05, 0) is 12.5 Å². The zero-order valence-corrected chi connectivity index (χ0v) is 10.1. The van der Waals surface area contributed by atoms with E-state index in [1.165, 1.54) is 6.92 Å². The van der Waals surface area contributed by atoms with Gasteiger partial charge in [0.15, 0.2) is 0 Å². The topological polar surface area (TPSA) is 101 Å². The summed E-state index contributed by atoms with van der Waals surface area (Å²) >= 11 is 0. The van der Waals surface area contributed by atoms with Crippen molar-refractivity contribution in [1.82, 2.24) is 0 Å². The van der Waals surface area contributed by atoms with E-state index in [4.69, 9.17) is 5.73 Å². The monoisotopic (exact) mass is 241 g/mol. The molecule has 0 aliphatic rings. The highest BCUT2D eigenvalue weighted by Crippen LogP contribution is 1.97. The lowest BCUT2D eigenvalue weighted by molar-refractivity contribution is -0.140. The van der Waals surface area contributed by atoms with Crippen LogP contribution in [0.25, 0.3) is 0 Å². The summed E-state index contributed by atoms with van der Waals surface area (Å²) in [5.41, 5.74) is 5.95. The highest BCUT2D eigenvalue weighted by atomic mass is 16.5. The first kappa shape index (κ1) is 17.5. The molecule has 0 unspecified atom stereocenters. The Labute approximate surface area is 101 Å². The van der Waals surface area contributed by atoms with E-state index in [9.17, 15) is 9.59 Å². The Hall–Kier alpha value is -1.88. The molecule has 1 aromatic rings. The van der Waals surface area contributed by atoms with Crippen LogP contribution in [0.1, 0.15) is 19.4 Å². The number of nitrogens with two attached hydrogens (primary N) is 1. The van der Waals surface area contributed by atoms with E-state index in [2.05, 4.69) is 4.74 Å². The van der Waals surface area contributed by atoms with Crippen molar-refractivity contribution in [1.29, 1.82) is 0 Å². The molecule has 1 aromatic carbocycles. The van der Waals surface area contributed by atoms with Gasteiger partial charge in [-0.3, -0.25) is 9.59 Å². The second-order valence-electron chi connectivity index (χ2n) is 3.05. The van der Waals surface area contributed by atoms with E-state index < -0.39 is 0 Å². The third-order valence-corrected chi connectivity index (χ3v) is 1.57. The van der Waals surface area contributed by atoms with E-state index >= 15 is 0 Å². The molecule has 17 heavy (non-hydrogen) atoms. The molecule has 5 nitrogen and oxygen atoms in total. The molecule has 0 aromatic heterocycles. The standard InChI is InChI=1S/C8H9NO.C4H8O2.H2O/c9-8(10)6-7-4-2-1-3-5-7;1-3-6-4(2)5;/h1-5H,6H2,(H2,9,10);3H2,1-2H3;1H2. The average molecular weight is 241 g/mol. The van der Waals surface area contributed by atoms with Crippen molar-refractivity contribution in [2.75, 3.05) is 6.61 Å². The molecule has 1 amide bonds. The van der Waals surface area contributed by atoms with Crippen molar-refractivity contribution in [2.24, 2.45) is 5.73 Å². The van der Waals surface area contributed by atoms with E-state index in [0.717, 1.165) is 5.56 Å². The Morgan fingerprint density at radius 2 is 1.76 bits per heavy atom. The van der Waals surface area contributed by atoms with Crippen LogP contribution in [0.15, 0.2) is 30.3 Å². The van der Waals surface area contributed by atoms with Crippen LogP contribution in [0.2, 0.25) is 0 Å². The van der Waals surface area contributed by atoms with Crippen LogP contribution in [0.4, 0.5) is 0 Å². The van der Waals surface area contributed by atoms with Crippen molar-refractivity contribution in [2.45, 2.75) is 20.3 Å². The molecule has 0 fully saturated rings. The van der Waals surface area contributed by atoms with E-state index in [0.29, 0.717) is 13.0 Å². The van der Waals surface area contributed by atoms with Crippen LogP contribution < -0.4 is 5.73 Å². The van der Waals surface area contributed by atoms with Gasteiger partial charge in [-0.25, -0.2) is 0 Å². The van der Waals surface area contributed by atoms with Gasteiger partial charge in [0.2, 0.25) is 5.91 Å². The minimum Gasteiger partial charge on any atom is -0.466 e. The third kappa shape index (κ3) is 12.0. The predicted molar refractivity (Wildman–Crippen MR) is 65.3 cm³/mol. The highest BCUT2D eigenvalue weighted by molar-refractivity contribution is 5.76. The lowest BCUT2D eigenvalue weighted by Gasteiger charge is -1.93. The minimum absolute atomic E-state index is 0. The first-order valence-electron chi connectivity index (χ1n) is 5.01. The summed E-state index contributed by atoms with van der Waals surface area (Å²) in [7, 11) is 0. The summed E-state index contributed by atoms with van der Waals surface area (Å²) in [6.07, 6.45) is 0.334. The number of ether oxygens (including phenoxy) is 1. The maximum Gasteiger partial charge on any atom is 0.302 e. The van der Waals surface area contributed by atoms with Crippen molar-refractivity contribution in [3.8, 4) is 0 Å². The van der Waals surface area contributed by atoms with E-state index in [1.54, 1.807) is 6.92 Å². The number of rotatable bonds is 3. The first-order valence-corrected chi connectivity index (χ1v) is 5.01. The molecule has 0 radical (unpaired) electrons. The normalized spacial score (nSPS) is 8.12. The van der Waals surface area contributed by atoms with Crippen LogP contribution in [0.3, 0.4) is 0 Å². The largest absolute Gasteiger partial charge is 0.466 e. The van der Waals surface area contributed by atoms with Crippen molar-refractivity contribution in [3.05, 3.63) is 35.9 Å². The number of amides is 1. The summed E-state index contributed by atoms with van der Waals surface area (Å²) in [5, 5.41) is 0. The van der Waals surface area contributed by atoms with Gasteiger partial charge in [-0.1, -0.05) is 30.3 Å². The number of hydrogen-bond acceptors (Lipinski definition) is 3. The second kappa shape index (κ2) is 10.6. The SMILES string of the molecule is CCOC(C)=O.NC(=O)Cc1ccccc1.O. The third-order valence-electron chi connectivity index (χ3n) is 1.57. The van der Waals surface area contributed by atoms with Gasteiger partial charge in [0.05, 0.1) is 13.0 Å². The van der Waals surface area contributed by atoms with Crippen LogP contribution in [0, 0.1) is 0 Å². The van der Waals surface area contributed by atoms with E-state index in [1.807, 2.05) is 30.3 Å². The lowest BCUT2D eigenvalue weighted by Crippen LogP contribution is -2.13. The van der Waals surface area contributed by atoms with Crippen LogP contribution in [0.5, 0.6) is 0 Å². The molecule has 0 atom stereocenters. The number of esters is 1. The first-order chi connectivity index (χ1) is 7.56. The smallest absolute Gasteiger partial charge is 0.302 e. The molecule has 0 saturated carbocycles. The van der Waals surface area contributed by atoms with Gasteiger partial charge in [0, 0.05) is 6.92 Å². The molecule has 4 N–H and O–H groups in total. The Morgan fingerprint density at radius 3 is 2.06 bits per heavy atom. The molecular formula is C12H19NO4. The molecule has 96 valence electrons. The van der Waals surface area contributed by atoms with Crippen LogP contribution in [-0.2, 0) is 20.7 Å². The van der Waals surface area contributed by atoms with Crippen LogP contribution in [-0.4, -0.2) is 24.0 Å². The molecule has 0 aliphatic heterocycles. The van der Waals surface area contributed by atoms with Crippen LogP contribution >= 0.6 is 0 Å². The van der Waals surface area contributed by atoms with Gasteiger partial charge < -0.3 is 15.9 Å². The maximum absolute atomic E-state index is 10.4. The lowest BCUT2D eigenvalue weighted by atomic mass is 10.1. The number of primary amides is 1. The summed E-state index contributed by atoms with van der Waals surface area (Å²) < 4.78 is 4.40. The summed E-state index contributed by atoms with van der Waals surface area (Å²) in [4.78, 5) is 20.2. The van der Waals surface area contributed by atoms with Gasteiger partial charge in [0.25, 0.3) is 0 Å². The number of carbonyl (C=O) groups excluding carboxylic acids is 2. The molecule has 0 aliphatic carbocycles. The fraction of sp³-hybridized carbons (Fsp3) is 0.333.